The van der Waals surface area contributed by atoms with Crippen LogP contribution >= 0.6 is 0 Å². The number of aryl methyl sites for hydroxylation is 1. The number of aromatic nitrogens is 3. The molecule has 2 aliphatic heterocycles. The lowest BCUT2D eigenvalue weighted by Crippen LogP contribution is -2.45. The van der Waals surface area contributed by atoms with Gasteiger partial charge in [0.1, 0.15) is 6.54 Å². The minimum Gasteiger partial charge on any atom is -0.354 e. The number of benzene rings is 1. The fourth-order valence-electron chi connectivity index (χ4n) is 5.64. The molecule has 0 spiro atoms. The second kappa shape index (κ2) is 13.2. The molecule has 3 heterocycles. The minimum atomic E-state index is -4.87. The molecule has 9 nitrogen and oxygen atoms in total. The third-order valence-electron chi connectivity index (χ3n) is 7.79. The molecule has 45 heavy (non-hydrogen) atoms. The van der Waals surface area contributed by atoms with Crippen molar-refractivity contribution in [3.05, 3.63) is 71.7 Å². The van der Waals surface area contributed by atoms with E-state index < -0.39 is 24.8 Å². The van der Waals surface area contributed by atoms with E-state index in [1.807, 2.05) is 6.92 Å². The summed E-state index contributed by atoms with van der Waals surface area (Å²) in [4.78, 5) is 31.7. The predicted octanol–water partition coefficient (Wildman–Crippen LogP) is 5.32. The van der Waals surface area contributed by atoms with E-state index in [1.165, 1.54) is 6.20 Å². The number of likely N-dealkylation sites (tertiary alicyclic amines) is 1. The number of hydrogen-bond acceptors (Lipinski definition) is 6. The molecule has 1 aliphatic carbocycles. The summed E-state index contributed by atoms with van der Waals surface area (Å²) in [6.45, 7) is 1.76. The Labute approximate surface area is 255 Å². The van der Waals surface area contributed by atoms with E-state index in [9.17, 15) is 31.5 Å². The normalized spacial score (nSPS) is 15.2. The van der Waals surface area contributed by atoms with Gasteiger partial charge in [0.15, 0.2) is 5.69 Å². The molecule has 0 bridgehead atoms. The second-order valence-electron chi connectivity index (χ2n) is 10.7. The predicted molar refractivity (Wildman–Crippen MR) is 158 cm³/mol. The quantitative estimate of drug-likeness (QED) is 0.205. The maximum Gasteiger partial charge on any atom is 0.435 e. The molecular weight excluding hydrogens is 597 g/mol. The van der Waals surface area contributed by atoms with Crippen molar-refractivity contribution in [2.24, 2.45) is 5.73 Å². The van der Waals surface area contributed by atoms with Crippen molar-refractivity contribution in [3.63, 3.8) is 0 Å². The third kappa shape index (κ3) is 6.90. The molecule has 1 atom stereocenters. The summed E-state index contributed by atoms with van der Waals surface area (Å²) >= 11 is 0. The first-order valence-electron chi connectivity index (χ1n) is 14.5. The van der Waals surface area contributed by atoms with Crippen molar-refractivity contribution in [1.82, 2.24) is 25.0 Å². The molecule has 1 unspecified atom stereocenters. The maximum absolute atomic E-state index is 13.8. The first kappa shape index (κ1) is 31.8. The Morgan fingerprint density at radius 1 is 1.11 bits per heavy atom. The highest BCUT2D eigenvalue weighted by Crippen LogP contribution is 2.43. The second-order valence-corrected chi connectivity index (χ2v) is 10.7. The number of nitrogens with one attached hydrogen (secondary N) is 2. The number of fused-ring (bicyclic) bond motifs is 1. The highest BCUT2D eigenvalue weighted by molar-refractivity contribution is 5.98. The standard InChI is InChI=1S/C31H32F5N7O2/c1-2-18-12-19(9-10-21(18)30(45)39-15-27(44)43-11-5-6-20(43)13-37)40-25-8-4-3-7-22-23(14-38-28(22)25)24-16-42(17-26(32)33)41-29(24)31(34,35)36/h3-4,7-10,12,14,16,20,26,40H,2,5-6,11,13,15,17,37H2,1H3,(H,39,45). The number of carbonyl (C=O) groups excluding carboxylic acids is 2. The lowest BCUT2D eigenvalue weighted by molar-refractivity contribution is -0.141. The van der Waals surface area contributed by atoms with Gasteiger partial charge in [-0.05, 0) is 49.1 Å². The number of nitrogens with zero attached hydrogens (tertiary/aromatic N) is 4. The first-order chi connectivity index (χ1) is 21.5. The molecule has 1 aromatic heterocycles. The number of hydrogen-bond donors (Lipinski definition) is 3. The molecule has 1 saturated heterocycles. The number of halogens is 5. The zero-order chi connectivity index (χ0) is 32.3. The van der Waals surface area contributed by atoms with Crippen molar-refractivity contribution in [1.29, 1.82) is 0 Å². The van der Waals surface area contributed by atoms with E-state index in [0.717, 1.165) is 19.0 Å². The van der Waals surface area contributed by atoms with Crippen LogP contribution in [0, 0.1) is 0 Å². The van der Waals surface area contributed by atoms with Gasteiger partial charge in [-0.25, -0.2) is 8.78 Å². The van der Waals surface area contributed by atoms with Gasteiger partial charge in [0.25, 0.3) is 12.3 Å². The molecule has 5 rings (SSSR count). The van der Waals surface area contributed by atoms with Gasteiger partial charge in [0, 0.05) is 59.5 Å². The fraction of sp³-hybridized carbons (Fsp3) is 0.355. The minimum absolute atomic E-state index is 0.0138. The van der Waals surface area contributed by atoms with Gasteiger partial charge in [-0.1, -0.05) is 25.1 Å². The van der Waals surface area contributed by atoms with Crippen LogP contribution in [-0.2, 0) is 23.9 Å². The van der Waals surface area contributed by atoms with Gasteiger partial charge >= 0.3 is 6.18 Å². The average molecular weight is 630 g/mol. The van der Waals surface area contributed by atoms with Crippen LogP contribution in [0.1, 0.15) is 41.4 Å². The largest absolute Gasteiger partial charge is 0.435 e. The Morgan fingerprint density at radius 3 is 2.60 bits per heavy atom. The van der Waals surface area contributed by atoms with Gasteiger partial charge in [-0.3, -0.25) is 19.3 Å². The Bertz CT molecular complexity index is 1660. The number of anilines is 2. The van der Waals surface area contributed by atoms with Crippen molar-refractivity contribution in [2.45, 2.75) is 51.4 Å². The van der Waals surface area contributed by atoms with Crippen LogP contribution < -0.4 is 16.4 Å². The molecule has 238 valence electrons. The summed E-state index contributed by atoms with van der Waals surface area (Å²) in [6, 6.07) is 11.7. The number of rotatable bonds is 10. The maximum atomic E-state index is 13.8. The Balaban J connectivity index is 1.37. The van der Waals surface area contributed by atoms with Crippen LogP contribution in [-0.4, -0.2) is 63.6 Å². The van der Waals surface area contributed by atoms with Gasteiger partial charge in [0.05, 0.1) is 17.9 Å². The number of amides is 2. The van der Waals surface area contributed by atoms with Gasteiger partial charge in [0.2, 0.25) is 5.91 Å². The molecule has 1 aromatic carbocycles. The van der Waals surface area contributed by atoms with Crippen LogP contribution in [0.5, 0.6) is 0 Å². The van der Waals surface area contributed by atoms with Crippen LogP contribution in [0.2, 0.25) is 0 Å². The highest BCUT2D eigenvalue weighted by atomic mass is 19.4. The van der Waals surface area contributed by atoms with Crippen LogP contribution in [0.25, 0.3) is 22.4 Å². The van der Waals surface area contributed by atoms with E-state index in [-0.39, 0.29) is 35.5 Å². The molecule has 1 fully saturated rings. The van der Waals surface area contributed by atoms with E-state index in [1.54, 1.807) is 47.4 Å². The summed E-state index contributed by atoms with van der Waals surface area (Å²) < 4.78 is 68.0. The van der Waals surface area contributed by atoms with E-state index in [0.29, 0.717) is 58.0 Å². The number of carbonyl (C=O) groups is 2. The zero-order valence-electron chi connectivity index (χ0n) is 24.4. The van der Waals surface area contributed by atoms with Crippen molar-refractivity contribution in [2.75, 3.05) is 25.0 Å². The Hall–Kier alpha value is -4.59. The van der Waals surface area contributed by atoms with Crippen LogP contribution in [0.15, 0.2) is 54.9 Å². The summed E-state index contributed by atoms with van der Waals surface area (Å²) in [7, 11) is 0. The number of alkyl halides is 5. The fourth-order valence-corrected chi connectivity index (χ4v) is 5.64. The number of nitrogens with two attached hydrogens (primary N) is 1. The third-order valence-corrected chi connectivity index (χ3v) is 7.79. The lowest BCUT2D eigenvalue weighted by atomic mass is 10.0. The molecule has 2 amide bonds. The van der Waals surface area contributed by atoms with Crippen molar-refractivity contribution in [3.8, 4) is 22.4 Å². The average Bonchev–Trinajstić information content (AvgIpc) is 3.72. The first-order valence-corrected chi connectivity index (χ1v) is 14.5. The monoisotopic (exact) mass is 629 g/mol. The van der Waals surface area contributed by atoms with E-state index in [4.69, 9.17) is 5.73 Å². The van der Waals surface area contributed by atoms with E-state index in [2.05, 4.69) is 20.7 Å². The molecule has 14 heteroatoms. The molecule has 4 N–H and O–H groups in total. The van der Waals surface area contributed by atoms with Gasteiger partial charge in [-0.15, -0.1) is 0 Å². The smallest absolute Gasteiger partial charge is 0.354 e. The van der Waals surface area contributed by atoms with Gasteiger partial charge in [-0.2, -0.15) is 18.3 Å². The van der Waals surface area contributed by atoms with Crippen molar-refractivity contribution < 1.29 is 31.5 Å². The lowest BCUT2D eigenvalue weighted by Gasteiger charge is -2.23. The Morgan fingerprint density at radius 2 is 1.89 bits per heavy atom. The SMILES string of the molecule is CCc1cc(Nc2ccccc3c(-c4cn(CC(F)F)nc4C(F)(F)F)cnc2-3)ccc1C(=O)NCC(=O)N1CCCC1CN. The highest BCUT2D eigenvalue weighted by Gasteiger charge is 2.39. The molecule has 3 aliphatic rings. The molecule has 0 saturated carbocycles. The summed E-state index contributed by atoms with van der Waals surface area (Å²) in [6.07, 6.45) is -3.30. The Kier molecular flexibility index (Phi) is 9.32. The molecule has 2 aromatic rings. The van der Waals surface area contributed by atoms with Crippen molar-refractivity contribution >= 4 is 23.2 Å². The van der Waals surface area contributed by atoms with Crippen LogP contribution in [0.3, 0.4) is 0 Å². The molecule has 0 radical (unpaired) electrons. The summed E-state index contributed by atoms with van der Waals surface area (Å²) in [5.74, 6) is -0.571. The van der Waals surface area contributed by atoms with E-state index >= 15 is 0 Å². The summed E-state index contributed by atoms with van der Waals surface area (Å²) in [5, 5.41) is 9.34. The summed E-state index contributed by atoms with van der Waals surface area (Å²) in [5.41, 5.74) is 7.12. The van der Waals surface area contributed by atoms with Gasteiger partial charge < -0.3 is 21.3 Å². The van der Waals surface area contributed by atoms with Crippen LogP contribution in [0.4, 0.5) is 33.3 Å². The topological polar surface area (TPSA) is 118 Å². The molecular formula is C31H32F5N7O2. The zero-order valence-corrected chi connectivity index (χ0v) is 24.4.